The molecule has 202 valence electrons. The zero-order valence-electron chi connectivity index (χ0n) is 22.4. The molecule has 1 saturated heterocycles. The molecule has 6 nitrogen and oxygen atoms in total. The highest BCUT2D eigenvalue weighted by atomic mass is 19.4. The van der Waals surface area contributed by atoms with Crippen LogP contribution in [0.4, 0.5) is 24.9 Å². The average Bonchev–Trinajstić information content (AvgIpc) is 3.44. The standard InChI is InChI=1S/C27H43F3N6/c1-6-17(2)15-23-24(32-19(4)35-26(5)11-12-26)36(21-9-13-31-14-10-21)25(34-23)33-20-7-8-22(18(3)16-20)27(28,29)30/h15,18,20-22,31H,6-14,16H2,1-5H3,(H,32,35)(H,33,34)/b17-15+. The Morgan fingerprint density at radius 1 is 1.19 bits per heavy atom. The second-order valence-electron chi connectivity index (χ2n) is 11.5. The van der Waals surface area contributed by atoms with Crippen molar-refractivity contribution in [1.82, 2.24) is 14.9 Å². The number of nitrogens with zero attached hydrogens (tertiary/aromatic N) is 3. The first kappa shape index (κ1) is 27.0. The number of alkyl halides is 3. The molecule has 3 aliphatic rings. The number of aliphatic imine (C=N–C) groups is 1. The van der Waals surface area contributed by atoms with Gasteiger partial charge in [0.15, 0.2) is 0 Å². The molecule has 1 aliphatic heterocycles. The van der Waals surface area contributed by atoms with E-state index in [-0.39, 0.29) is 24.0 Å². The predicted octanol–water partition coefficient (Wildman–Crippen LogP) is 6.78. The quantitative estimate of drug-likeness (QED) is 0.280. The number of nitrogens with one attached hydrogen (secondary N) is 3. The van der Waals surface area contributed by atoms with Crippen molar-refractivity contribution in [3.63, 3.8) is 0 Å². The maximum atomic E-state index is 13.4. The third-order valence-corrected chi connectivity index (χ3v) is 8.19. The number of amidine groups is 1. The topological polar surface area (TPSA) is 66.3 Å². The number of allylic oxidation sites excluding steroid dienone is 1. The maximum absolute atomic E-state index is 13.4. The van der Waals surface area contributed by atoms with Crippen molar-refractivity contribution in [3.05, 3.63) is 11.3 Å². The molecule has 4 rings (SSSR count). The minimum Gasteiger partial charge on any atom is -0.353 e. The summed E-state index contributed by atoms with van der Waals surface area (Å²) in [6.07, 6.45) is 4.22. The zero-order valence-corrected chi connectivity index (χ0v) is 22.4. The molecule has 3 fully saturated rings. The van der Waals surface area contributed by atoms with Gasteiger partial charge in [0.05, 0.1) is 17.3 Å². The Balaban J connectivity index is 1.67. The third-order valence-electron chi connectivity index (χ3n) is 8.19. The largest absolute Gasteiger partial charge is 0.392 e. The molecule has 1 aromatic rings. The van der Waals surface area contributed by atoms with Crippen LogP contribution in [-0.4, -0.2) is 46.2 Å². The number of aromatic nitrogens is 2. The fraction of sp³-hybridized carbons (Fsp3) is 0.778. The van der Waals surface area contributed by atoms with Gasteiger partial charge in [-0.25, -0.2) is 4.98 Å². The molecule has 2 heterocycles. The number of hydrogen-bond acceptors (Lipinski definition) is 4. The van der Waals surface area contributed by atoms with Crippen molar-refractivity contribution in [1.29, 1.82) is 0 Å². The number of imidazole rings is 1. The van der Waals surface area contributed by atoms with Gasteiger partial charge in [-0.05, 0) is 97.2 Å². The molecule has 36 heavy (non-hydrogen) atoms. The Hall–Kier alpha value is -2.03. The van der Waals surface area contributed by atoms with Crippen molar-refractivity contribution in [2.24, 2.45) is 16.8 Å². The van der Waals surface area contributed by atoms with E-state index in [0.717, 1.165) is 68.5 Å². The number of anilines is 2. The first-order chi connectivity index (χ1) is 17.0. The second-order valence-corrected chi connectivity index (χ2v) is 11.5. The first-order valence-electron chi connectivity index (χ1n) is 13.7. The summed E-state index contributed by atoms with van der Waals surface area (Å²) in [7, 11) is 0. The van der Waals surface area contributed by atoms with E-state index < -0.39 is 18.0 Å². The summed E-state index contributed by atoms with van der Waals surface area (Å²) in [6.45, 7) is 12.0. The highest BCUT2D eigenvalue weighted by Crippen LogP contribution is 2.43. The minimum atomic E-state index is -4.13. The van der Waals surface area contributed by atoms with Crippen LogP contribution in [0, 0.1) is 11.8 Å². The van der Waals surface area contributed by atoms with E-state index in [4.69, 9.17) is 9.98 Å². The van der Waals surface area contributed by atoms with Gasteiger partial charge < -0.3 is 16.0 Å². The van der Waals surface area contributed by atoms with E-state index in [2.05, 4.69) is 47.4 Å². The molecular formula is C27H43F3N6. The number of halogens is 3. The molecule has 0 bridgehead atoms. The van der Waals surface area contributed by atoms with Gasteiger partial charge in [-0.3, -0.25) is 9.56 Å². The van der Waals surface area contributed by atoms with Gasteiger partial charge in [0, 0.05) is 12.1 Å². The van der Waals surface area contributed by atoms with Crippen LogP contribution < -0.4 is 16.0 Å². The molecule has 0 spiro atoms. The fourth-order valence-corrected chi connectivity index (χ4v) is 5.63. The van der Waals surface area contributed by atoms with Crippen LogP contribution in [0.15, 0.2) is 10.6 Å². The molecule has 2 saturated carbocycles. The molecule has 1 aromatic heterocycles. The van der Waals surface area contributed by atoms with Crippen LogP contribution in [0.5, 0.6) is 0 Å². The Morgan fingerprint density at radius 3 is 2.47 bits per heavy atom. The molecule has 3 unspecified atom stereocenters. The van der Waals surface area contributed by atoms with Gasteiger partial charge in [0.25, 0.3) is 0 Å². The van der Waals surface area contributed by atoms with E-state index >= 15 is 0 Å². The first-order valence-corrected chi connectivity index (χ1v) is 13.7. The Morgan fingerprint density at radius 2 is 1.89 bits per heavy atom. The van der Waals surface area contributed by atoms with Crippen LogP contribution >= 0.6 is 0 Å². The van der Waals surface area contributed by atoms with Crippen molar-refractivity contribution < 1.29 is 13.2 Å². The zero-order chi connectivity index (χ0) is 26.1. The van der Waals surface area contributed by atoms with Crippen LogP contribution in [-0.2, 0) is 0 Å². The summed E-state index contributed by atoms with van der Waals surface area (Å²) in [5.74, 6) is 0.934. The highest BCUT2D eigenvalue weighted by Gasteiger charge is 2.45. The monoisotopic (exact) mass is 508 g/mol. The van der Waals surface area contributed by atoms with Crippen LogP contribution in [0.1, 0.15) is 97.7 Å². The van der Waals surface area contributed by atoms with Gasteiger partial charge in [0.2, 0.25) is 5.95 Å². The average molecular weight is 509 g/mol. The molecule has 0 aromatic carbocycles. The van der Waals surface area contributed by atoms with E-state index in [0.29, 0.717) is 12.8 Å². The molecule has 3 N–H and O–H groups in total. The van der Waals surface area contributed by atoms with Crippen molar-refractivity contribution >= 4 is 23.7 Å². The van der Waals surface area contributed by atoms with Gasteiger partial charge >= 0.3 is 6.18 Å². The van der Waals surface area contributed by atoms with Crippen LogP contribution in [0.25, 0.3) is 6.08 Å². The third kappa shape index (κ3) is 6.45. The van der Waals surface area contributed by atoms with Crippen molar-refractivity contribution in [2.75, 3.05) is 23.7 Å². The Labute approximate surface area is 213 Å². The maximum Gasteiger partial charge on any atom is 0.392 e. The van der Waals surface area contributed by atoms with Crippen LogP contribution in [0.3, 0.4) is 0 Å². The van der Waals surface area contributed by atoms with Crippen LogP contribution in [0.2, 0.25) is 0 Å². The lowest BCUT2D eigenvalue weighted by molar-refractivity contribution is -0.194. The van der Waals surface area contributed by atoms with Gasteiger partial charge in [-0.1, -0.05) is 19.4 Å². The molecule has 2 aliphatic carbocycles. The van der Waals surface area contributed by atoms with E-state index in [9.17, 15) is 13.2 Å². The predicted molar refractivity (Wildman–Crippen MR) is 142 cm³/mol. The number of piperidine rings is 1. The van der Waals surface area contributed by atoms with Crippen molar-refractivity contribution in [2.45, 2.75) is 110 Å². The number of rotatable bonds is 7. The summed E-state index contributed by atoms with van der Waals surface area (Å²) in [6, 6.07) is 0.222. The smallest absolute Gasteiger partial charge is 0.353 e. The molecule has 0 radical (unpaired) electrons. The minimum absolute atomic E-state index is 0.0281. The SMILES string of the molecule is CC/C(C)=C/c1nc(NC2CCC(C(F)(F)F)C(C)C2)n(C2CCNCC2)c1NC(C)=NC1(C)CC1. The summed E-state index contributed by atoms with van der Waals surface area (Å²) in [5.41, 5.74) is 2.12. The second kappa shape index (κ2) is 10.8. The van der Waals surface area contributed by atoms with E-state index in [1.807, 2.05) is 6.92 Å². The molecule has 0 amide bonds. The van der Waals surface area contributed by atoms with E-state index in [1.165, 1.54) is 5.57 Å². The Bertz CT molecular complexity index is 969. The molecular weight excluding hydrogens is 465 g/mol. The van der Waals surface area contributed by atoms with Gasteiger partial charge in [0.1, 0.15) is 11.5 Å². The molecule has 9 heteroatoms. The lowest BCUT2D eigenvalue weighted by atomic mass is 9.77. The van der Waals surface area contributed by atoms with Gasteiger partial charge in [-0.15, -0.1) is 0 Å². The lowest BCUT2D eigenvalue weighted by Gasteiger charge is -2.36. The Kier molecular flexibility index (Phi) is 8.07. The number of hydrogen-bond donors (Lipinski definition) is 3. The highest BCUT2D eigenvalue weighted by molar-refractivity contribution is 5.95. The molecule has 3 atom stereocenters. The lowest BCUT2D eigenvalue weighted by Crippen LogP contribution is -2.39. The summed E-state index contributed by atoms with van der Waals surface area (Å²) in [5, 5.41) is 10.6. The summed E-state index contributed by atoms with van der Waals surface area (Å²) < 4.78 is 42.6. The normalized spacial score (nSPS) is 27.7. The fourth-order valence-electron chi connectivity index (χ4n) is 5.63. The van der Waals surface area contributed by atoms with Gasteiger partial charge in [-0.2, -0.15) is 13.2 Å². The summed E-state index contributed by atoms with van der Waals surface area (Å²) >= 11 is 0. The van der Waals surface area contributed by atoms with Crippen molar-refractivity contribution in [3.8, 4) is 0 Å². The van der Waals surface area contributed by atoms with E-state index in [1.54, 1.807) is 6.92 Å². The summed E-state index contributed by atoms with van der Waals surface area (Å²) in [4.78, 5) is 9.95.